The van der Waals surface area contributed by atoms with Crippen LogP contribution in [0.25, 0.3) is 0 Å². The summed E-state index contributed by atoms with van der Waals surface area (Å²) in [5.41, 5.74) is 0. The van der Waals surface area contributed by atoms with Crippen LogP contribution in [0, 0.1) is 11.8 Å². The molecule has 2 saturated heterocycles. The topological polar surface area (TPSA) is 3.24 Å². The van der Waals surface area contributed by atoms with Gasteiger partial charge in [0.25, 0.3) is 0 Å². The maximum absolute atomic E-state index is 2.82. The van der Waals surface area contributed by atoms with E-state index < -0.39 is 0 Å². The van der Waals surface area contributed by atoms with Gasteiger partial charge in [-0.05, 0) is 51.4 Å². The largest absolute Gasteiger partial charge is 0.295 e. The highest BCUT2D eigenvalue weighted by Crippen LogP contribution is 2.43. The van der Waals surface area contributed by atoms with Crippen LogP contribution in [0.4, 0.5) is 0 Å². The first kappa shape index (κ1) is 10.5. The second-order valence-electron chi connectivity index (χ2n) is 5.84. The Kier molecular flexibility index (Phi) is 2.88. The van der Waals surface area contributed by atoms with E-state index in [0.717, 1.165) is 30.0 Å². The van der Waals surface area contributed by atoms with Crippen molar-refractivity contribution in [3.05, 3.63) is 0 Å². The quantitative estimate of drug-likeness (QED) is 0.653. The molecule has 0 N–H and O–H groups in total. The van der Waals surface area contributed by atoms with Crippen molar-refractivity contribution in [2.75, 3.05) is 0 Å². The number of nitrogens with zero attached hydrogens (tertiary/aromatic N) is 1. The molecule has 0 spiro atoms. The summed E-state index contributed by atoms with van der Waals surface area (Å²) in [5.74, 6) is 1.84. The fraction of sp³-hybridized carbons (Fsp3) is 1.00. The number of rotatable bonds is 2. The summed E-state index contributed by atoms with van der Waals surface area (Å²) in [6.07, 6.45) is 5.92. The van der Waals surface area contributed by atoms with Crippen molar-refractivity contribution >= 4 is 0 Å². The molecule has 1 aliphatic carbocycles. The van der Waals surface area contributed by atoms with Crippen molar-refractivity contribution in [2.24, 2.45) is 11.8 Å². The molecule has 1 unspecified atom stereocenters. The third-order valence-corrected chi connectivity index (χ3v) is 4.27. The van der Waals surface area contributed by atoms with Crippen molar-refractivity contribution in [3.8, 4) is 0 Å². The Bertz CT molecular complexity index is 167. The molecule has 2 bridgehead atoms. The lowest BCUT2D eigenvalue weighted by molar-refractivity contribution is -0.0536. The van der Waals surface area contributed by atoms with E-state index in [4.69, 9.17) is 0 Å². The van der Waals surface area contributed by atoms with Gasteiger partial charge >= 0.3 is 0 Å². The van der Waals surface area contributed by atoms with Crippen molar-refractivity contribution < 1.29 is 0 Å². The molecule has 0 amide bonds. The molecule has 3 aliphatic rings. The molecule has 3 rings (SSSR count). The number of hydrogen-bond acceptors (Lipinski definition) is 1. The van der Waals surface area contributed by atoms with Gasteiger partial charge in [-0.3, -0.25) is 4.90 Å². The molecule has 0 aromatic carbocycles. The molecule has 2 aliphatic heterocycles. The number of fused-ring (bicyclic) bond motifs is 3. The summed E-state index contributed by atoms with van der Waals surface area (Å²) in [6, 6.07) is 2.53. The number of piperidine rings is 2. The molecule has 2 heterocycles. The van der Waals surface area contributed by atoms with Gasteiger partial charge in [-0.2, -0.15) is 0 Å². The highest BCUT2D eigenvalue weighted by Gasteiger charge is 2.43. The Labute approximate surface area is 88.9 Å². The monoisotopic (exact) mass is 195 g/mol. The summed E-state index contributed by atoms with van der Waals surface area (Å²) in [7, 11) is 0. The Hall–Kier alpha value is -0.0400. The molecule has 1 nitrogen and oxygen atoms in total. The van der Waals surface area contributed by atoms with E-state index in [-0.39, 0.29) is 0 Å². The molecule has 3 fully saturated rings. The van der Waals surface area contributed by atoms with E-state index in [1.165, 1.54) is 25.7 Å². The van der Waals surface area contributed by atoms with E-state index in [9.17, 15) is 0 Å². The average molecular weight is 195 g/mol. The van der Waals surface area contributed by atoms with Crippen LogP contribution in [0.1, 0.15) is 53.4 Å². The van der Waals surface area contributed by atoms with Gasteiger partial charge in [-0.15, -0.1) is 0 Å². The average Bonchev–Trinajstić information content (AvgIpc) is 2.17. The van der Waals surface area contributed by atoms with Crippen LogP contribution in [0.2, 0.25) is 0 Å². The lowest BCUT2D eigenvalue weighted by Crippen LogP contribution is -2.59. The minimum atomic E-state index is 0.746. The van der Waals surface area contributed by atoms with Crippen LogP contribution in [0.3, 0.4) is 0 Å². The fourth-order valence-electron chi connectivity index (χ4n) is 3.88. The Balaban J connectivity index is 2.18. The molecule has 0 aromatic heterocycles. The van der Waals surface area contributed by atoms with Crippen molar-refractivity contribution in [1.82, 2.24) is 4.90 Å². The molecule has 0 radical (unpaired) electrons. The van der Waals surface area contributed by atoms with Crippen LogP contribution in [0.15, 0.2) is 0 Å². The van der Waals surface area contributed by atoms with Crippen LogP contribution in [-0.2, 0) is 0 Å². The van der Waals surface area contributed by atoms with Crippen LogP contribution < -0.4 is 0 Å². The summed E-state index contributed by atoms with van der Waals surface area (Å²) in [5, 5.41) is 0. The molecule has 1 heteroatoms. The predicted molar refractivity (Wildman–Crippen MR) is 61.3 cm³/mol. The zero-order valence-electron chi connectivity index (χ0n) is 10.2. The molecule has 1 saturated carbocycles. The summed E-state index contributed by atoms with van der Waals surface area (Å²) in [6.45, 7) is 9.55. The van der Waals surface area contributed by atoms with Crippen molar-refractivity contribution in [2.45, 2.75) is 71.5 Å². The molecule has 0 aromatic rings. The minimum Gasteiger partial charge on any atom is -0.295 e. The summed E-state index contributed by atoms with van der Waals surface area (Å²) < 4.78 is 0. The van der Waals surface area contributed by atoms with Gasteiger partial charge in [0, 0.05) is 18.1 Å². The first-order valence-corrected chi connectivity index (χ1v) is 6.38. The predicted octanol–water partition coefficient (Wildman–Crippen LogP) is 3.29. The van der Waals surface area contributed by atoms with Crippen LogP contribution in [-0.4, -0.2) is 23.0 Å². The highest BCUT2D eigenvalue weighted by molar-refractivity contribution is 4.97. The third kappa shape index (κ3) is 1.60. The molecule has 82 valence electrons. The van der Waals surface area contributed by atoms with Gasteiger partial charge in [-0.25, -0.2) is 0 Å². The maximum atomic E-state index is 2.82. The van der Waals surface area contributed by atoms with E-state index in [1.54, 1.807) is 0 Å². The van der Waals surface area contributed by atoms with Gasteiger partial charge in [0.1, 0.15) is 0 Å². The fourth-order valence-corrected chi connectivity index (χ4v) is 3.88. The van der Waals surface area contributed by atoms with Gasteiger partial charge in [0.2, 0.25) is 0 Å². The molecule has 1 atom stereocenters. The second kappa shape index (κ2) is 3.84. The SMILES string of the molecule is CC(C)C1C2CCC(CC2)N1C(C)C. The first-order valence-electron chi connectivity index (χ1n) is 6.38. The van der Waals surface area contributed by atoms with E-state index in [0.29, 0.717) is 0 Å². The number of hydrogen-bond donors (Lipinski definition) is 0. The smallest absolute Gasteiger partial charge is 0.0152 e. The van der Waals surface area contributed by atoms with Gasteiger partial charge in [0.15, 0.2) is 0 Å². The van der Waals surface area contributed by atoms with Gasteiger partial charge in [0.05, 0.1) is 0 Å². The summed E-state index contributed by atoms with van der Waals surface area (Å²) >= 11 is 0. The summed E-state index contributed by atoms with van der Waals surface area (Å²) in [4.78, 5) is 2.82. The van der Waals surface area contributed by atoms with Crippen molar-refractivity contribution in [3.63, 3.8) is 0 Å². The zero-order valence-corrected chi connectivity index (χ0v) is 10.2. The lowest BCUT2D eigenvalue weighted by atomic mass is 9.70. The van der Waals surface area contributed by atoms with Gasteiger partial charge in [-0.1, -0.05) is 13.8 Å². The lowest BCUT2D eigenvalue weighted by Gasteiger charge is -2.55. The Morgan fingerprint density at radius 1 is 0.929 bits per heavy atom. The molecular weight excluding hydrogens is 170 g/mol. The van der Waals surface area contributed by atoms with Crippen LogP contribution >= 0.6 is 0 Å². The van der Waals surface area contributed by atoms with E-state index >= 15 is 0 Å². The third-order valence-electron chi connectivity index (χ3n) is 4.27. The Morgan fingerprint density at radius 3 is 1.86 bits per heavy atom. The highest BCUT2D eigenvalue weighted by atomic mass is 15.2. The van der Waals surface area contributed by atoms with E-state index in [1.807, 2.05) is 0 Å². The second-order valence-corrected chi connectivity index (χ2v) is 5.84. The zero-order chi connectivity index (χ0) is 10.3. The minimum absolute atomic E-state index is 0.746. The van der Waals surface area contributed by atoms with E-state index in [2.05, 4.69) is 32.6 Å². The standard InChI is InChI=1S/C13H25N/c1-9(2)13-11-5-7-12(8-6-11)14(13)10(3)4/h9-13H,5-8H2,1-4H3. The van der Waals surface area contributed by atoms with Crippen molar-refractivity contribution in [1.29, 1.82) is 0 Å². The Morgan fingerprint density at radius 2 is 1.50 bits per heavy atom. The maximum Gasteiger partial charge on any atom is 0.0152 e. The van der Waals surface area contributed by atoms with Crippen LogP contribution in [0.5, 0.6) is 0 Å². The first-order chi connectivity index (χ1) is 6.61. The van der Waals surface area contributed by atoms with Gasteiger partial charge < -0.3 is 0 Å². The molecular formula is C13H25N. The normalized spacial score (nSPS) is 38.6. The molecule has 14 heavy (non-hydrogen) atoms.